The predicted molar refractivity (Wildman–Crippen MR) is 80.7 cm³/mol. The maximum atomic E-state index is 13.7. The van der Waals surface area contributed by atoms with Crippen molar-refractivity contribution in [1.82, 2.24) is 0 Å². The van der Waals surface area contributed by atoms with Crippen LogP contribution < -0.4 is 10.6 Å². The van der Waals surface area contributed by atoms with Crippen LogP contribution in [0.2, 0.25) is 0 Å². The Morgan fingerprint density at radius 3 is 2.95 bits per heavy atom. The minimum absolute atomic E-state index is 0.0196. The number of fused-ring (bicyclic) bond motifs is 1. The zero-order chi connectivity index (χ0) is 14.1. The molecule has 102 valence electrons. The molecular weight excluding hydrogens is 323 g/mol. The minimum atomic E-state index is -0.542. The van der Waals surface area contributed by atoms with Gasteiger partial charge in [-0.15, -0.1) is 0 Å². The summed E-state index contributed by atoms with van der Waals surface area (Å²) < 4.78 is 14.2. The lowest BCUT2D eigenvalue weighted by molar-refractivity contribution is 0.102. The Labute approximate surface area is 124 Å². The summed E-state index contributed by atoms with van der Waals surface area (Å²) in [6.45, 7) is 0.908. The summed E-state index contributed by atoms with van der Waals surface area (Å²) in [7, 11) is 0. The average molecular weight is 335 g/mol. The normalized spacial score (nSPS) is 12.7. The maximum Gasteiger partial charge on any atom is 0.259 e. The van der Waals surface area contributed by atoms with E-state index in [2.05, 4.69) is 26.6 Å². The molecule has 1 aliphatic rings. The van der Waals surface area contributed by atoms with Crippen molar-refractivity contribution < 1.29 is 9.18 Å². The van der Waals surface area contributed by atoms with Gasteiger partial charge in [0.25, 0.3) is 5.91 Å². The number of nitrogens with one attached hydrogen (secondary N) is 2. The number of hydrogen-bond acceptors (Lipinski definition) is 2. The van der Waals surface area contributed by atoms with Crippen LogP contribution in [0.25, 0.3) is 0 Å². The van der Waals surface area contributed by atoms with Crippen LogP contribution in [-0.2, 0) is 6.42 Å². The molecule has 3 nitrogen and oxygen atoms in total. The number of rotatable bonds is 2. The molecular formula is C15H12BrFN2O. The van der Waals surface area contributed by atoms with Crippen LogP contribution >= 0.6 is 15.9 Å². The number of hydrogen-bond donors (Lipinski definition) is 2. The van der Waals surface area contributed by atoms with Gasteiger partial charge in [-0.05, 0) is 58.2 Å². The lowest BCUT2D eigenvalue weighted by Crippen LogP contribution is -2.14. The molecule has 1 aliphatic heterocycles. The van der Waals surface area contributed by atoms with E-state index < -0.39 is 11.7 Å². The predicted octanol–water partition coefficient (Wildman–Crippen LogP) is 3.81. The van der Waals surface area contributed by atoms with Gasteiger partial charge in [-0.3, -0.25) is 4.79 Å². The van der Waals surface area contributed by atoms with Crippen molar-refractivity contribution in [3.05, 3.63) is 57.8 Å². The molecule has 0 aromatic heterocycles. The third-order valence-corrected chi connectivity index (χ3v) is 3.92. The van der Waals surface area contributed by atoms with Crippen molar-refractivity contribution in [3.63, 3.8) is 0 Å². The molecule has 0 bridgehead atoms. The molecule has 2 N–H and O–H groups in total. The second-order valence-electron chi connectivity index (χ2n) is 4.60. The maximum absolute atomic E-state index is 13.7. The number of carbonyl (C=O) groups is 1. The van der Waals surface area contributed by atoms with Crippen LogP contribution in [0, 0.1) is 5.82 Å². The van der Waals surface area contributed by atoms with Gasteiger partial charge < -0.3 is 10.6 Å². The zero-order valence-electron chi connectivity index (χ0n) is 10.5. The molecule has 1 heterocycles. The second-order valence-corrected chi connectivity index (χ2v) is 5.45. The number of halogens is 2. The van der Waals surface area contributed by atoms with E-state index >= 15 is 0 Å². The third kappa shape index (κ3) is 2.41. The summed E-state index contributed by atoms with van der Waals surface area (Å²) >= 11 is 3.20. The molecule has 3 rings (SSSR count). The highest BCUT2D eigenvalue weighted by Crippen LogP contribution is 2.26. The Kier molecular flexibility index (Phi) is 3.44. The fraction of sp³-hybridized carbons (Fsp3) is 0.133. The van der Waals surface area contributed by atoms with Gasteiger partial charge in [0, 0.05) is 22.4 Å². The van der Waals surface area contributed by atoms with E-state index in [1.54, 1.807) is 12.1 Å². The number of benzene rings is 2. The average Bonchev–Trinajstić information content (AvgIpc) is 2.85. The first-order valence-electron chi connectivity index (χ1n) is 6.27. The summed E-state index contributed by atoms with van der Waals surface area (Å²) in [4.78, 5) is 12.2. The first-order chi connectivity index (χ1) is 9.65. The lowest BCUT2D eigenvalue weighted by atomic mass is 10.1. The SMILES string of the molecule is O=C(Nc1ccc2c(c1)CCN2)c1c(F)cccc1Br. The van der Waals surface area contributed by atoms with E-state index in [9.17, 15) is 9.18 Å². The van der Waals surface area contributed by atoms with Gasteiger partial charge in [-0.1, -0.05) is 6.07 Å². The first-order valence-corrected chi connectivity index (χ1v) is 7.06. The third-order valence-electron chi connectivity index (χ3n) is 3.26. The van der Waals surface area contributed by atoms with Gasteiger partial charge in [-0.25, -0.2) is 4.39 Å². The molecule has 0 saturated carbocycles. The summed E-state index contributed by atoms with van der Waals surface area (Å²) in [5.74, 6) is -0.999. The van der Waals surface area contributed by atoms with E-state index in [0.29, 0.717) is 10.2 Å². The molecule has 5 heteroatoms. The lowest BCUT2D eigenvalue weighted by Gasteiger charge is -2.09. The van der Waals surface area contributed by atoms with E-state index in [-0.39, 0.29) is 5.56 Å². The number of carbonyl (C=O) groups excluding carboxylic acids is 1. The van der Waals surface area contributed by atoms with Gasteiger partial charge in [-0.2, -0.15) is 0 Å². The molecule has 2 aromatic carbocycles. The van der Waals surface area contributed by atoms with Crippen LogP contribution in [0.4, 0.5) is 15.8 Å². The van der Waals surface area contributed by atoms with Gasteiger partial charge in [0.1, 0.15) is 5.82 Å². The summed E-state index contributed by atoms with van der Waals surface area (Å²) in [5, 5.41) is 5.98. The molecule has 1 amide bonds. The van der Waals surface area contributed by atoms with Crippen LogP contribution in [0.3, 0.4) is 0 Å². The van der Waals surface area contributed by atoms with Crippen LogP contribution in [0.5, 0.6) is 0 Å². The second kappa shape index (κ2) is 5.25. The van der Waals surface area contributed by atoms with Crippen molar-refractivity contribution in [1.29, 1.82) is 0 Å². The number of amides is 1. The molecule has 0 unspecified atom stereocenters. The fourth-order valence-electron chi connectivity index (χ4n) is 2.29. The summed E-state index contributed by atoms with van der Waals surface area (Å²) in [5.41, 5.74) is 2.95. The molecule has 0 saturated heterocycles. The summed E-state index contributed by atoms with van der Waals surface area (Å²) in [6.07, 6.45) is 0.933. The van der Waals surface area contributed by atoms with Crippen molar-refractivity contribution in [2.75, 3.05) is 17.2 Å². The smallest absolute Gasteiger partial charge is 0.259 e. The van der Waals surface area contributed by atoms with E-state index in [4.69, 9.17) is 0 Å². The Balaban J connectivity index is 1.86. The Morgan fingerprint density at radius 2 is 2.15 bits per heavy atom. The number of anilines is 2. The van der Waals surface area contributed by atoms with Gasteiger partial charge in [0.2, 0.25) is 0 Å². The van der Waals surface area contributed by atoms with E-state index in [1.807, 2.05) is 18.2 Å². The highest BCUT2D eigenvalue weighted by atomic mass is 79.9. The zero-order valence-corrected chi connectivity index (χ0v) is 12.1. The minimum Gasteiger partial charge on any atom is -0.384 e. The van der Waals surface area contributed by atoms with Crippen molar-refractivity contribution in [3.8, 4) is 0 Å². The molecule has 20 heavy (non-hydrogen) atoms. The van der Waals surface area contributed by atoms with Crippen molar-refractivity contribution >= 4 is 33.2 Å². The van der Waals surface area contributed by atoms with Crippen LogP contribution in [0.1, 0.15) is 15.9 Å². The van der Waals surface area contributed by atoms with Gasteiger partial charge in [0.15, 0.2) is 0 Å². The van der Waals surface area contributed by atoms with Crippen molar-refractivity contribution in [2.45, 2.75) is 6.42 Å². The topological polar surface area (TPSA) is 41.1 Å². The standard InChI is InChI=1S/C15H12BrFN2O/c16-11-2-1-3-12(17)14(11)15(20)19-10-4-5-13-9(8-10)6-7-18-13/h1-5,8,18H,6-7H2,(H,19,20). The highest BCUT2D eigenvalue weighted by Gasteiger charge is 2.16. The van der Waals surface area contributed by atoms with Crippen molar-refractivity contribution in [2.24, 2.45) is 0 Å². The molecule has 0 spiro atoms. The Hall–Kier alpha value is -1.88. The largest absolute Gasteiger partial charge is 0.384 e. The van der Waals surface area contributed by atoms with Gasteiger partial charge in [0.05, 0.1) is 5.56 Å². The monoisotopic (exact) mass is 334 g/mol. The van der Waals surface area contributed by atoms with Crippen LogP contribution in [0.15, 0.2) is 40.9 Å². The molecule has 0 radical (unpaired) electrons. The quantitative estimate of drug-likeness (QED) is 0.876. The Bertz CT molecular complexity index is 667. The summed E-state index contributed by atoms with van der Waals surface area (Å²) in [6, 6.07) is 10.1. The molecule has 2 aromatic rings. The molecule has 0 atom stereocenters. The Morgan fingerprint density at radius 1 is 1.30 bits per heavy atom. The van der Waals surface area contributed by atoms with Crippen LogP contribution in [-0.4, -0.2) is 12.5 Å². The first kappa shape index (κ1) is 13.1. The van der Waals surface area contributed by atoms with Gasteiger partial charge >= 0.3 is 0 Å². The van der Waals surface area contributed by atoms with E-state index in [0.717, 1.165) is 24.2 Å². The van der Waals surface area contributed by atoms with E-state index in [1.165, 1.54) is 6.07 Å². The molecule has 0 aliphatic carbocycles. The molecule has 0 fully saturated rings. The fourth-order valence-corrected chi connectivity index (χ4v) is 2.81. The highest BCUT2D eigenvalue weighted by molar-refractivity contribution is 9.10.